The van der Waals surface area contributed by atoms with Gasteiger partial charge in [-0.2, -0.15) is 0 Å². The minimum absolute atomic E-state index is 0.0250. The van der Waals surface area contributed by atoms with Crippen LogP contribution in [0.25, 0.3) is 0 Å². The summed E-state index contributed by atoms with van der Waals surface area (Å²) in [6.45, 7) is 0.728. The van der Waals surface area contributed by atoms with Crippen molar-refractivity contribution in [3.8, 4) is 0 Å². The van der Waals surface area contributed by atoms with E-state index in [1.165, 1.54) is 6.26 Å². The third-order valence-electron chi connectivity index (χ3n) is 4.39. The topological polar surface area (TPSA) is 79.7 Å². The number of carbonyl (C=O) groups excluding carboxylic acids is 1. The number of rotatable bonds is 5. The number of carbonyl (C=O) groups is 1. The van der Waals surface area contributed by atoms with Crippen LogP contribution in [0.2, 0.25) is 0 Å². The van der Waals surface area contributed by atoms with Crippen LogP contribution < -0.4 is 0 Å². The quantitative estimate of drug-likeness (QED) is 0.917. The van der Waals surface area contributed by atoms with Gasteiger partial charge in [0.15, 0.2) is 0 Å². The van der Waals surface area contributed by atoms with E-state index in [1.54, 1.807) is 24.5 Å². The molecule has 1 aliphatic heterocycles. The van der Waals surface area contributed by atoms with Crippen LogP contribution >= 0.6 is 0 Å². The average molecular weight is 318 g/mol. The third kappa shape index (κ3) is 4.01. The first kappa shape index (κ1) is 15.8. The molecule has 23 heavy (non-hydrogen) atoms. The number of hydrogen-bond donors (Lipinski definition) is 1. The Hall–Kier alpha value is -2.08. The summed E-state index contributed by atoms with van der Waals surface area (Å²) in [6, 6.07) is 5.27. The lowest BCUT2D eigenvalue weighted by Gasteiger charge is -2.31. The van der Waals surface area contributed by atoms with E-state index in [1.807, 2.05) is 4.90 Å². The zero-order chi connectivity index (χ0) is 16.1. The fourth-order valence-electron chi connectivity index (χ4n) is 3.19. The molecule has 2 aromatic rings. The summed E-state index contributed by atoms with van der Waals surface area (Å²) < 4.78 is 10.1. The number of aliphatic hydroxyl groups excluding tert-OH is 1. The maximum atomic E-state index is 12.6. The number of aliphatic hydroxyl groups is 1. The van der Waals surface area contributed by atoms with Crippen molar-refractivity contribution in [1.29, 1.82) is 0 Å². The van der Waals surface area contributed by atoms with Crippen molar-refractivity contribution in [2.24, 2.45) is 0 Å². The third-order valence-corrected chi connectivity index (χ3v) is 4.39. The van der Waals surface area contributed by atoms with Crippen molar-refractivity contribution in [3.05, 3.63) is 42.2 Å². The van der Waals surface area contributed by atoms with Gasteiger partial charge in [-0.05, 0) is 25.0 Å². The molecule has 0 bridgehead atoms. The highest BCUT2D eigenvalue weighted by atomic mass is 16.5. The molecule has 0 unspecified atom stereocenters. The molecule has 1 saturated heterocycles. The molecule has 0 saturated carbocycles. The molecule has 0 radical (unpaired) electrons. The van der Waals surface area contributed by atoms with Gasteiger partial charge in [0.05, 0.1) is 18.4 Å². The fraction of sp³-hybridized carbons (Fsp3) is 0.529. The second-order valence-corrected chi connectivity index (χ2v) is 6.02. The molecule has 6 nitrogen and oxygen atoms in total. The molecule has 0 aromatic carbocycles. The molecule has 3 heterocycles. The standard InChI is InChI=1S/C17H22N2O4/c20-15(16-6-4-9-22-16)12-14-5-2-1-3-8-19(14)17(21)11-13-7-10-23-18-13/h4,6-7,9-10,14-15,20H,1-3,5,8,11-12H2/t14-,15-/m0/s1. The SMILES string of the molecule is O=C(Cc1ccon1)N1CCCCC[C@H]1C[C@H](O)c1ccco1. The lowest BCUT2D eigenvalue weighted by atomic mass is 10.0. The van der Waals surface area contributed by atoms with E-state index >= 15 is 0 Å². The smallest absolute Gasteiger partial charge is 0.228 e. The van der Waals surface area contributed by atoms with Crippen LogP contribution in [0.1, 0.15) is 49.7 Å². The van der Waals surface area contributed by atoms with Crippen molar-refractivity contribution in [2.45, 2.75) is 50.7 Å². The predicted octanol–water partition coefficient (Wildman–Crippen LogP) is 2.71. The highest BCUT2D eigenvalue weighted by Gasteiger charge is 2.28. The zero-order valence-electron chi connectivity index (χ0n) is 13.1. The molecule has 2 atom stereocenters. The van der Waals surface area contributed by atoms with Gasteiger partial charge in [-0.25, -0.2) is 0 Å². The van der Waals surface area contributed by atoms with Crippen LogP contribution in [0, 0.1) is 0 Å². The molecule has 2 aromatic heterocycles. The van der Waals surface area contributed by atoms with Gasteiger partial charge in [0.25, 0.3) is 0 Å². The van der Waals surface area contributed by atoms with Crippen molar-refractivity contribution in [2.75, 3.05) is 6.54 Å². The van der Waals surface area contributed by atoms with Gasteiger partial charge in [0, 0.05) is 25.1 Å². The Labute approximate surface area is 135 Å². The normalized spacial score (nSPS) is 20.2. The van der Waals surface area contributed by atoms with Gasteiger partial charge in [-0.1, -0.05) is 18.0 Å². The maximum Gasteiger partial charge on any atom is 0.228 e. The number of aromatic nitrogens is 1. The summed E-state index contributed by atoms with van der Waals surface area (Å²) in [7, 11) is 0. The van der Waals surface area contributed by atoms with E-state index < -0.39 is 6.10 Å². The van der Waals surface area contributed by atoms with Crippen molar-refractivity contribution in [1.82, 2.24) is 10.1 Å². The summed E-state index contributed by atoms with van der Waals surface area (Å²) in [5, 5.41) is 14.2. The first-order chi connectivity index (χ1) is 11.2. The summed E-state index contributed by atoms with van der Waals surface area (Å²) in [5.74, 6) is 0.593. The van der Waals surface area contributed by atoms with Gasteiger partial charge in [0.1, 0.15) is 18.1 Å². The second-order valence-electron chi connectivity index (χ2n) is 6.02. The van der Waals surface area contributed by atoms with Crippen molar-refractivity contribution < 1.29 is 18.8 Å². The van der Waals surface area contributed by atoms with Crippen LogP contribution in [0.4, 0.5) is 0 Å². The number of amides is 1. The molecule has 6 heteroatoms. The van der Waals surface area contributed by atoms with Crippen LogP contribution in [-0.4, -0.2) is 33.7 Å². The molecular formula is C17H22N2O4. The van der Waals surface area contributed by atoms with E-state index in [-0.39, 0.29) is 18.4 Å². The highest BCUT2D eigenvalue weighted by molar-refractivity contribution is 5.78. The number of hydrogen-bond acceptors (Lipinski definition) is 5. The van der Waals surface area contributed by atoms with E-state index in [9.17, 15) is 9.90 Å². The molecule has 1 N–H and O–H groups in total. The van der Waals surface area contributed by atoms with Crippen molar-refractivity contribution >= 4 is 5.91 Å². The van der Waals surface area contributed by atoms with Crippen LogP contribution in [0.5, 0.6) is 0 Å². The minimum Gasteiger partial charge on any atom is -0.467 e. The highest BCUT2D eigenvalue weighted by Crippen LogP contribution is 2.27. The summed E-state index contributed by atoms with van der Waals surface area (Å²) in [6.07, 6.45) is 7.17. The van der Waals surface area contributed by atoms with E-state index in [0.717, 1.165) is 32.2 Å². The molecule has 3 rings (SSSR count). The minimum atomic E-state index is -0.685. The molecule has 1 amide bonds. The van der Waals surface area contributed by atoms with E-state index in [4.69, 9.17) is 8.94 Å². The summed E-state index contributed by atoms with van der Waals surface area (Å²) >= 11 is 0. The van der Waals surface area contributed by atoms with Gasteiger partial charge in [0.2, 0.25) is 5.91 Å². The van der Waals surface area contributed by atoms with Gasteiger partial charge in [-0.3, -0.25) is 4.79 Å². The number of likely N-dealkylation sites (tertiary alicyclic amines) is 1. The van der Waals surface area contributed by atoms with Crippen molar-refractivity contribution in [3.63, 3.8) is 0 Å². The van der Waals surface area contributed by atoms with Gasteiger partial charge >= 0.3 is 0 Å². The van der Waals surface area contributed by atoms with E-state index in [2.05, 4.69) is 5.16 Å². The molecule has 0 spiro atoms. The van der Waals surface area contributed by atoms with Crippen LogP contribution in [-0.2, 0) is 11.2 Å². The Morgan fingerprint density at radius 1 is 1.35 bits per heavy atom. The van der Waals surface area contributed by atoms with Crippen LogP contribution in [0.3, 0.4) is 0 Å². The Bertz CT molecular complexity index is 594. The molecule has 124 valence electrons. The lowest BCUT2D eigenvalue weighted by Crippen LogP contribution is -2.41. The Morgan fingerprint density at radius 3 is 3.00 bits per heavy atom. The Morgan fingerprint density at radius 2 is 2.26 bits per heavy atom. The fourth-order valence-corrected chi connectivity index (χ4v) is 3.19. The lowest BCUT2D eigenvalue weighted by molar-refractivity contribution is -0.133. The second kappa shape index (κ2) is 7.46. The van der Waals surface area contributed by atoms with E-state index in [0.29, 0.717) is 17.9 Å². The number of furan rings is 1. The monoisotopic (exact) mass is 318 g/mol. The Kier molecular flexibility index (Phi) is 5.12. The Balaban J connectivity index is 1.68. The summed E-state index contributed by atoms with van der Waals surface area (Å²) in [4.78, 5) is 14.5. The molecular weight excluding hydrogens is 296 g/mol. The molecule has 1 aliphatic rings. The largest absolute Gasteiger partial charge is 0.467 e. The van der Waals surface area contributed by atoms with Gasteiger partial charge < -0.3 is 18.9 Å². The molecule has 0 aliphatic carbocycles. The van der Waals surface area contributed by atoms with Crippen LogP contribution in [0.15, 0.2) is 39.7 Å². The maximum absolute atomic E-state index is 12.6. The summed E-state index contributed by atoms with van der Waals surface area (Å²) in [5.41, 5.74) is 0.643. The first-order valence-corrected chi connectivity index (χ1v) is 8.14. The first-order valence-electron chi connectivity index (χ1n) is 8.14. The average Bonchev–Trinajstić information content (AvgIpc) is 3.19. The predicted molar refractivity (Wildman–Crippen MR) is 82.5 cm³/mol. The number of nitrogens with zero attached hydrogens (tertiary/aromatic N) is 2. The molecule has 1 fully saturated rings. The van der Waals surface area contributed by atoms with Gasteiger partial charge in [-0.15, -0.1) is 0 Å². The zero-order valence-corrected chi connectivity index (χ0v) is 13.1.